The Balaban J connectivity index is 1.81. The van der Waals surface area contributed by atoms with Crippen LogP contribution in [0.2, 0.25) is 10.0 Å². The summed E-state index contributed by atoms with van der Waals surface area (Å²) in [6, 6.07) is 12.9. The minimum absolute atomic E-state index is 0.0627. The van der Waals surface area contributed by atoms with E-state index in [1.807, 2.05) is 20.8 Å². The molecule has 0 aliphatic carbocycles. The second kappa shape index (κ2) is 10.3. The lowest BCUT2D eigenvalue weighted by Gasteiger charge is -2.31. The third kappa shape index (κ3) is 4.71. The lowest BCUT2D eigenvalue weighted by atomic mass is 9.94. The molecule has 0 saturated carbocycles. The highest BCUT2D eigenvalue weighted by Gasteiger charge is 2.35. The Morgan fingerprint density at radius 1 is 1.10 bits per heavy atom. The van der Waals surface area contributed by atoms with Gasteiger partial charge in [-0.15, -0.1) is 0 Å². The molecule has 0 radical (unpaired) electrons. The van der Waals surface area contributed by atoms with Crippen molar-refractivity contribution in [3.05, 3.63) is 81.2 Å². The molecule has 1 aliphatic heterocycles. The third-order valence-corrected chi connectivity index (χ3v) is 7.40. The number of ether oxygens (including phenoxy) is 2. The summed E-state index contributed by atoms with van der Waals surface area (Å²) in [4.78, 5) is 26.8. The summed E-state index contributed by atoms with van der Waals surface area (Å²) in [7, 11) is 3.19. The zero-order valence-corrected chi connectivity index (χ0v) is 24.0. The number of methoxy groups -OCH3 is 1. The Morgan fingerprint density at radius 3 is 2.42 bits per heavy atom. The normalized spacial score (nSPS) is 12.3. The average molecular weight is 582 g/mol. The largest absolute Gasteiger partial charge is 0.496 e. The molecule has 0 saturated heterocycles. The van der Waals surface area contributed by atoms with Crippen molar-refractivity contribution in [2.45, 2.75) is 32.9 Å². The quantitative estimate of drug-likeness (QED) is 0.232. The molecule has 0 unspecified atom stereocenters. The Bertz CT molecular complexity index is 1660. The summed E-state index contributed by atoms with van der Waals surface area (Å²) in [5, 5.41) is 5.53. The van der Waals surface area contributed by atoms with Gasteiger partial charge >= 0.3 is 0 Å². The van der Waals surface area contributed by atoms with Gasteiger partial charge in [0.15, 0.2) is 12.0 Å². The molecule has 206 valence electrons. The average Bonchev–Trinajstić information content (AvgIpc) is 3.31. The number of carbonyl (C=O) groups excluding carboxylic acids is 2. The first-order chi connectivity index (χ1) is 18.9. The van der Waals surface area contributed by atoms with E-state index >= 15 is 4.39 Å². The van der Waals surface area contributed by atoms with Gasteiger partial charge in [-0.3, -0.25) is 9.59 Å². The number of aldehydes is 1. The van der Waals surface area contributed by atoms with E-state index in [-0.39, 0.29) is 29.3 Å². The van der Waals surface area contributed by atoms with Gasteiger partial charge in [0.1, 0.15) is 23.9 Å². The van der Waals surface area contributed by atoms with E-state index in [1.54, 1.807) is 59.1 Å². The van der Waals surface area contributed by atoms with Crippen LogP contribution in [0.25, 0.3) is 28.1 Å². The number of hydrogen-bond acceptors (Lipinski definition) is 5. The summed E-state index contributed by atoms with van der Waals surface area (Å²) in [5.41, 5.74) is 2.45. The molecule has 2 heterocycles. The van der Waals surface area contributed by atoms with Crippen molar-refractivity contribution in [2.24, 2.45) is 0 Å². The monoisotopic (exact) mass is 581 g/mol. The van der Waals surface area contributed by atoms with Crippen molar-refractivity contribution in [3.8, 4) is 39.6 Å². The van der Waals surface area contributed by atoms with E-state index < -0.39 is 11.4 Å². The van der Waals surface area contributed by atoms with Crippen LogP contribution in [0.1, 0.15) is 47.2 Å². The van der Waals surface area contributed by atoms with Gasteiger partial charge in [-0.25, -0.2) is 9.07 Å². The highest BCUT2D eigenvalue weighted by molar-refractivity contribution is 6.34. The minimum atomic E-state index is -0.675. The molecule has 0 atom stereocenters. The molecule has 1 amide bonds. The summed E-state index contributed by atoms with van der Waals surface area (Å²) in [6.45, 7) is 5.85. The zero-order valence-electron chi connectivity index (χ0n) is 22.5. The molecule has 1 aliphatic rings. The first-order valence-electron chi connectivity index (χ1n) is 12.4. The number of benzene rings is 3. The number of hydrogen-bond donors (Lipinski definition) is 0. The number of halogens is 3. The predicted octanol–water partition coefficient (Wildman–Crippen LogP) is 7.24. The molecule has 0 fully saturated rings. The molecular formula is C30H26Cl2FN3O4. The van der Waals surface area contributed by atoms with Crippen LogP contribution in [0.4, 0.5) is 4.39 Å². The van der Waals surface area contributed by atoms with Gasteiger partial charge in [0.05, 0.1) is 24.1 Å². The summed E-state index contributed by atoms with van der Waals surface area (Å²) in [5.74, 6) is -0.158. The molecular weight excluding hydrogens is 556 g/mol. The van der Waals surface area contributed by atoms with Gasteiger partial charge in [0.2, 0.25) is 0 Å². The van der Waals surface area contributed by atoms with E-state index in [0.29, 0.717) is 55.9 Å². The Hall–Kier alpha value is -3.88. The molecule has 1 aromatic heterocycles. The first kappa shape index (κ1) is 27.7. The molecule has 4 aromatic rings. The van der Waals surface area contributed by atoms with E-state index in [9.17, 15) is 9.59 Å². The lowest BCUT2D eigenvalue weighted by molar-refractivity contribution is 0.0646. The predicted molar refractivity (Wildman–Crippen MR) is 153 cm³/mol. The number of rotatable bonds is 5. The number of nitrogens with zero attached hydrogens (tertiary/aromatic N) is 3. The van der Waals surface area contributed by atoms with Gasteiger partial charge < -0.3 is 14.4 Å². The van der Waals surface area contributed by atoms with Crippen molar-refractivity contribution < 1.29 is 23.5 Å². The molecule has 3 aromatic carbocycles. The number of carbonyl (C=O) groups is 2. The SMILES string of the molecule is COc1cc2c(cc1-c1cccc(C=O)c1F)-c1c(c(C(=O)N(C)C(C)(C)C)nn1-c1cc(Cl)cc(Cl)c1)CO2. The van der Waals surface area contributed by atoms with Crippen molar-refractivity contribution in [1.29, 1.82) is 0 Å². The summed E-state index contributed by atoms with van der Waals surface area (Å²) in [6.07, 6.45) is 0.465. The fraction of sp³-hybridized carbons (Fsp3) is 0.233. The fourth-order valence-corrected chi connectivity index (χ4v) is 5.11. The summed E-state index contributed by atoms with van der Waals surface area (Å²) < 4.78 is 28.6. The smallest absolute Gasteiger partial charge is 0.274 e. The van der Waals surface area contributed by atoms with Gasteiger partial charge in [-0.1, -0.05) is 35.3 Å². The van der Waals surface area contributed by atoms with Gasteiger partial charge in [-0.2, -0.15) is 5.10 Å². The molecule has 10 heteroatoms. The molecule has 0 bridgehead atoms. The molecule has 7 nitrogen and oxygen atoms in total. The first-order valence-corrected chi connectivity index (χ1v) is 13.2. The summed E-state index contributed by atoms with van der Waals surface area (Å²) >= 11 is 12.7. The van der Waals surface area contributed by atoms with E-state index in [0.717, 1.165) is 0 Å². The van der Waals surface area contributed by atoms with Crippen LogP contribution in [-0.4, -0.2) is 46.6 Å². The van der Waals surface area contributed by atoms with Crippen molar-refractivity contribution in [2.75, 3.05) is 14.2 Å². The molecule has 5 rings (SSSR count). The van der Waals surface area contributed by atoms with Crippen LogP contribution >= 0.6 is 23.2 Å². The van der Waals surface area contributed by atoms with Crippen LogP contribution < -0.4 is 9.47 Å². The van der Waals surface area contributed by atoms with E-state index in [2.05, 4.69) is 0 Å². The van der Waals surface area contributed by atoms with Crippen LogP contribution in [0.3, 0.4) is 0 Å². The number of fused-ring (bicyclic) bond motifs is 3. The zero-order chi connectivity index (χ0) is 28.9. The van der Waals surface area contributed by atoms with E-state index in [4.69, 9.17) is 37.8 Å². The second-order valence-corrected chi connectivity index (χ2v) is 11.3. The van der Waals surface area contributed by atoms with Gasteiger partial charge in [-0.05, 0) is 51.1 Å². The van der Waals surface area contributed by atoms with Crippen LogP contribution in [0, 0.1) is 5.82 Å². The second-order valence-electron chi connectivity index (χ2n) is 10.4. The van der Waals surface area contributed by atoms with Crippen LogP contribution in [-0.2, 0) is 6.61 Å². The number of aromatic nitrogens is 2. The third-order valence-electron chi connectivity index (χ3n) is 6.96. The van der Waals surface area contributed by atoms with Crippen molar-refractivity contribution in [1.82, 2.24) is 14.7 Å². The van der Waals surface area contributed by atoms with Crippen LogP contribution in [0.5, 0.6) is 11.5 Å². The molecule has 40 heavy (non-hydrogen) atoms. The molecule has 0 spiro atoms. The van der Waals surface area contributed by atoms with Crippen molar-refractivity contribution in [3.63, 3.8) is 0 Å². The van der Waals surface area contributed by atoms with E-state index in [1.165, 1.54) is 13.2 Å². The Morgan fingerprint density at radius 2 is 1.80 bits per heavy atom. The fourth-order valence-electron chi connectivity index (χ4n) is 4.59. The minimum Gasteiger partial charge on any atom is -0.496 e. The Labute approximate surface area is 241 Å². The highest BCUT2D eigenvalue weighted by atomic mass is 35.5. The maximum absolute atomic E-state index is 15.3. The maximum atomic E-state index is 15.3. The van der Waals surface area contributed by atoms with Gasteiger partial charge in [0.25, 0.3) is 5.91 Å². The number of amides is 1. The molecule has 0 N–H and O–H groups in total. The topological polar surface area (TPSA) is 73.7 Å². The maximum Gasteiger partial charge on any atom is 0.274 e. The van der Waals surface area contributed by atoms with Gasteiger partial charge in [0, 0.05) is 51.0 Å². The highest BCUT2D eigenvalue weighted by Crippen LogP contribution is 2.47. The van der Waals surface area contributed by atoms with Crippen LogP contribution in [0.15, 0.2) is 48.5 Å². The van der Waals surface area contributed by atoms with Crippen molar-refractivity contribution >= 4 is 35.4 Å². The lowest BCUT2D eigenvalue weighted by Crippen LogP contribution is -2.43. The standard InChI is InChI=1S/C30H26Cl2FN3O4/c1-30(2,3)35(4)29(38)27-23-15-40-25-13-24(39-5)21(20-8-6-7-16(14-37)26(20)33)12-22(25)28(23)36(34-27)19-10-17(31)9-18(32)11-19/h6-14H,15H2,1-5H3. The Kier molecular flexibility index (Phi) is 7.10.